The Morgan fingerprint density at radius 2 is 2.10 bits per heavy atom. The molecular weight excluding hydrogens is 124 g/mol. The Bertz CT molecular complexity index is 201. The molecule has 0 heterocycles. The third-order valence-electron chi connectivity index (χ3n) is 2.66. The highest BCUT2D eigenvalue weighted by molar-refractivity contribution is 6.09. The maximum absolute atomic E-state index is 7.57. The van der Waals surface area contributed by atoms with Crippen LogP contribution in [-0.4, -0.2) is 5.71 Å². The molecule has 0 saturated heterocycles. The second-order valence-electron chi connectivity index (χ2n) is 3.44. The standard InChI is InChI=1S/C8H14N2/c1-5-6(4-9)7(10)8(5,2)3/h4-5,10H,9H2,1-3H3/b6-4-,10-7?. The van der Waals surface area contributed by atoms with Crippen LogP contribution in [0.2, 0.25) is 0 Å². The summed E-state index contributed by atoms with van der Waals surface area (Å²) in [6.45, 7) is 6.26. The van der Waals surface area contributed by atoms with Gasteiger partial charge in [-0.15, -0.1) is 0 Å². The van der Waals surface area contributed by atoms with Crippen molar-refractivity contribution in [1.29, 1.82) is 5.41 Å². The lowest BCUT2D eigenvalue weighted by Crippen LogP contribution is -2.46. The first-order valence-corrected chi connectivity index (χ1v) is 3.53. The van der Waals surface area contributed by atoms with E-state index in [0.717, 1.165) is 5.57 Å². The molecule has 1 aliphatic rings. The molecule has 1 rings (SSSR count). The minimum atomic E-state index is 0.0468. The van der Waals surface area contributed by atoms with Crippen molar-refractivity contribution in [3.63, 3.8) is 0 Å². The molecule has 0 spiro atoms. The zero-order valence-corrected chi connectivity index (χ0v) is 6.73. The smallest absolute Gasteiger partial charge is 0.0425 e. The van der Waals surface area contributed by atoms with E-state index in [4.69, 9.17) is 11.1 Å². The Kier molecular flexibility index (Phi) is 1.35. The molecule has 1 atom stereocenters. The lowest BCUT2D eigenvalue weighted by molar-refractivity contribution is 0.337. The molecule has 3 N–H and O–H groups in total. The fourth-order valence-corrected chi connectivity index (χ4v) is 1.34. The first-order valence-electron chi connectivity index (χ1n) is 3.53. The average Bonchev–Trinajstić information content (AvgIpc) is 1.89. The SMILES string of the molecule is CC1/C(=C/N)C(=N)C1(C)C. The van der Waals surface area contributed by atoms with E-state index < -0.39 is 0 Å². The second-order valence-corrected chi connectivity index (χ2v) is 3.44. The highest BCUT2D eigenvalue weighted by atomic mass is 14.6. The number of nitrogens with one attached hydrogen (secondary N) is 1. The summed E-state index contributed by atoms with van der Waals surface area (Å²) in [6, 6.07) is 0. The van der Waals surface area contributed by atoms with Gasteiger partial charge in [0, 0.05) is 11.1 Å². The Hall–Kier alpha value is -0.790. The van der Waals surface area contributed by atoms with Crippen molar-refractivity contribution in [3.05, 3.63) is 11.8 Å². The Morgan fingerprint density at radius 1 is 1.60 bits per heavy atom. The van der Waals surface area contributed by atoms with Crippen molar-refractivity contribution in [1.82, 2.24) is 0 Å². The molecule has 1 saturated carbocycles. The molecule has 0 aromatic carbocycles. The van der Waals surface area contributed by atoms with Gasteiger partial charge in [-0.1, -0.05) is 20.8 Å². The minimum absolute atomic E-state index is 0.0468. The number of hydrogen-bond acceptors (Lipinski definition) is 2. The molecule has 1 fully saturated rings. The first kappa shape index (κ1) is 7.32. The lowest BCUT2D eigenvalue weighted by atomic mass is 9.58. The van der Waals surface area contributed by atoms with Crippen molar-refractivity contribution in [2.24, 2.45) is 17.1 Å². The summed E-state index contributed by atoms with van der Waals surface area (Å²) in [5, 5.41) is 7.57. The topological polar surface area (TPSA) is 49.9 Å². The summed E-state index contributed by atoms with van der Waals surface area (Å²) in [6.07, 6.45) is 1.55. The molecule has 0 aromatic heterocycles. The van der Waals surface area contributed by atoms with E-state index in [9.17, 15) is 0 Å². The Labute approximate surface area is 61.6 Å². The summed E-state index contributed by atoms with van der Waals surface area (Å²) in [4.78, 5) is 0. The van der Waals surface area contributed by atoms with Crippen LogP contribution in [0.4, 0.5) is 0 Å². The van der Waals surface area contributed by atoms with Crippen LogP contribution in [0.3, 0.4) is 0 Å². The van der Waals surface area contributed by atoms with Gasteiger partial charge in [-0.25, -0.2) is 0 Å². The molecule has 56 valence electrons. The van der Waals surface area contributed by atoms with E-state index in [0.29, 0.717) is 11.6 Å². The van der Waals surface area contributed by atoms with Crippen LogP contribution in [0, 0.1) is 16.7 Å². The molecule has 10 heavy (non-hydrogen) atoms. The number of nitrogens with two attached hydrogens (primary N) is 1. The lowest BCUT2D eigenvalue weighted by Gasteiger charge is -2.45. The maximum Gasteiger partial charge on any atom is 0.0425 e. The molecule has 2 nitrogen and oxygen atoms in total. The highest BCUT2D eigenvalue weighted by Gasteiger charge is 2.45. The fourth-order valence-electron chi connectivity index (χ4n) is 1.34. The molecule has 0 radical (unpaired) electrons. The Balaban J connectivity index is 2.88. The van der Waals surface area contributed by atoms with Crippen molar-refractivity contribution >= 4 is 5.71 Å². The predicted molar refractivity (Wildman–Crippen MR) is 42.9 cm³/mol. The van der Waals surface area contributed by atoms with E-state index in [2.05, 4.69) is 20.8 Å². The van der Waals surface area contributed by atoms with Gasteiger partial charge < -0.3 is 11.1 Å². The summed E-state index contributed by atoms with van der Waals surface area (Å²) in [5.41, 5.74) is 7.08. The van der Waals surface area contributed by atoms with Crippen molar-refractivity contribution in [2.45, 2.75) is 20.8 Å². The number of hydrogen-bond donors (Lipinski definition) is 2. The van der Waals surface area contributed by atoms with E-state index in [1.54, 1.807) is 6.20 Å². The van der Waals surface area contributed by atoms with Gasteiger partial charge >= 0.3 is 0 Å². The van der Waals surface area contributed by atoms with E-state index in [1.165, 1.54) is 0 Å². The van der Waals surface area contributed by atoms with Crippen LogP contribution in [-0.2, 0) is 0 Å². The summed E-state index contributed by atoms with van der Waals surface area (Å²) in [5.74, 6) is 0.449. The third kappa shape index (κ3) is 0.618. The van der Waals surface area contributed by atoms with Gasteiger partial charge in [0.25, 0.3) is 0 Å². The van der Waals surface area contributed by atoms with E-state index >= 15 is 0 Å². The summed E-state index contributed by atoms with van der Waals surface area (Å²) < 4.78 is 0. The van der Waals surface area contributed by atoms with E-state index in [-0.39, 0.29) is 5.41 Å². The second kappa shape index (κ2) is 1.84. The molecule has 1 unspecified atom stereocenters. The van der Waals surface area contributed by atoms with Crippen molar-refractivity contribution in [3.8, 4) is 0 Å². The maximum atomic E-state index is 7.57. The zero-order valence-electron chi connectivity index (χ0n) is 6.73. The fraction of sp³-hybridized carbons (Fsp3) is 0.625. The van der Waals surface area contributed by atoms with Crippen LogP contribution >= 0.6 is 0 Å². The van der Waals surface area contributed by atoms with Crippen molar-refractivity contribution < 1.29 is 0 Å². The molecule has 0 amide bonds. The van der Waals surface area contributed by atoms with Gasteiger partial charge in [0.2, 0.25) is 0 Å². The number of rotatable bonds is 0. The minimum Gasteiger partial charge on any atom is -0.404 e. The van der Waals surface area contributed by atoms with Gasteiger partial charge in [-0.2, -0.15) is 0 Å². The van der Waals surface area contributed by atoms with Crippen LogP contribution in [0.15, 0.2) is 11.8 Å². The van der Waals surface area contributed by atoms with Crippen LogP contribution < -0.4 is 5.73 Å². The molecular formula is C8H14N2. The quantitative estimate of drug-likeness (QED) is 0.524. The molecule has 0 aromatic rings. The van der Waals surface area contributed by atoms with Crippen molar-refractivity contribution in [2.75, 3.05) is 0 Å². The van der Waals surface area contributed by atoms with E-state index in [1.807, 2.05) is 0 Å². The average molecular weight is 138 g/mol. The molecule has 1 aliphatic carbocycles. The summed E-state index contributed by atoms with van der Waals surface area (Å²) in [7, 11) is 0. The molecule has 0 bridgehead atoms. The van der Waals surface area contributed by atoms with Gasteiger partial charge in [0.15, 0.2) is 0 Å². The Morgan fingerprint density at radius 3 is 2.30 bits per heavy atom. The van der Waals surface area contributed by atoms with Gasteiger partial charge in [-0.3, -0.25) is 0 Å². The summed E-state index contributed by atoms with van der Waals surface area (Å²) >= 11 is 0. The third-order valence-corrected chi connectivity index (χ3v) is 2.66. The number of allylic oxidation sites excluding steroid dienone is 1. The zero-order chi connectivity index (χ0) is 7.94. The van der Waals surface area contributed by atoms with Gasteiger partial charge in [0.1, 0.15) is 0 Å². The molecule has 0 aliphatic heterocycles. The normalized spacial score (nSPS) is 34.1. The van der Waals surface area contributed by atoms with Gasteiger partial charge in [0.05, 0.1) is 0 Å². The molecule has 2 heteroatoms. The first-order chi connectivity index (χ1) is 4.51. The van der Waals surface area contributed by atoms with Crippen LogP contribution in [0.5, 0.6) is 0 Å². The highest BCUT2D eigenvalue weighted by Crippen LogP contribution is 2.45. The predicted octanol–water partition coefficient (Wildman–Crippen LogP) is 1.52. The van der Waals surface area contributed by atoms with Crippen LogP contribution in [0.1, 0.15) is 20.8 Å². The van der Waals surface area contributed by atoms with Crippen LogP contribution in [0.25, 0.3) is 0 Å². The van der Waals surface area contributed by atoms with Gasteiger partial charge in [-0.05, 0) is 17.7 Å². The largest absolute Gasteiger partial charge is 0.404 e. The monoisotopic (exact) mass is 138 g/mol.